The van der Waals surface area contributed by atoms with Gasteiger partial charge in [-0.2, -0.15) is 0 Å². The Morgan fingerprint density at radius 2 is 0.836 bits per heavy atom. The lowest BCUT2D eigenvalue weighted by atomic mass is 10.1. The Morgan fingerprint density at radius 3 is 1.42 bits per heavy atom. The summed E-state index contributed by atoms with van der Waals surface area (Å²) in [5.74, 6) is -1.06. The molecule has 0 aromatic carbocycles. The molecule has 0 aliphatic carbocycles. The van der Waals surface area contributed by atoms with E-state index < -0.39 is 12.1 Å². The predicted octanol–water partition coefficient (Wildman–Crippen LogP) is 13.9. The van der Waals surface area contributed by atoms with E-state index in [1.165, 1.54) is 38.5 Å². The number of hydrogen-bond donors (Lipinski definition) is 0. The van der Waals surface area contributed by atoms with Crippen molar-refractivity contribution >= 4 is 17.9 Å². The van der Waals surface area contributed by atoms with Gasteiger partial charge in [0.05, 0.1) is 0 Å². The molecule has 6 heteroatoms. The standard InChI is InChI=1S/C49H78O6/c1-4-7-10-13-16-19-21-23-24-26-27-30-33-36-39-42-48(51)54-45-46(44-53-47(50)41-38-35-32-29-18-15-12-9-6-3)55-49(52)43-40-37-34-31-28-25-22-20-17-14-11-8-5-2/h7,9-10,12-13,16,18-19,21,23-25,28-29,34,37,46H,4-6,8,11,14-15,17,20,22,26-27,30-33,35-36,38-45H2,1-3H3/b10-7-,12-9-,16-13-,21-19-,24-23-,28-25-,29-18-,37-34-. The zero-order valence-electron chi connectivity index (χ0n) is 35.1. The van der Waals surface area contributed by atoms with E-state index >= 15 is 0 Å². The summed E-state index contributed by atoms with van der Waals surface area (Å²) < 4.78 is 16.5. The lowest BCUT2D eigenvalue weighted by Crippen LogP contribution is -2.30. The molecule has 0 bridgehead atoms. The van der Waals surface area contributed by atoms with Crippen LogP contribution in [-0.2, 0) is 28.6 Å². The molecule has 1 atom stereocenters. The summed E-state index contributed by atoms with van der Waals surface area (Å²) in [7, 11) is 0. The van der Waals surface area contributed by atoms with Crippen LogP contribution in [0.5, 0.6) is 0 Å². The lowest BCUT2D eigenvalue weighted by molar-refractivity contribution is -0.166. The predicted molar refractivity (Wildman–Crippen MR) is 233 cm³/mol. The molecule has 0 N–H and O–H groups in total. The van der Waals surface area contributed by atoms with Crippen molar-refractivity contribution < 1.29 is 28.6 Å². The second-order valence-corrected chi connectivity index (χ2v) is 13.9. The molecule has 0 saturated heterocycles. The fourth-order valence-electron chi connectivity index (χ4n) is 5.42. The van der Waals surface area contributed by atoms with Gasteiger partial charge in [0.1, 0.15) is 13.2 Å². The maximum absolute atomic E-state index is 12.7. The van der Waals surface area contributed by atoms with Crippen LogP contribution in [0.1, 0.15) is 175 Å². The number of rotatable bonds is 37. The number of carbonyl (C=O) groups is 3. The SMILES string of the molecule is CC\C=C/C=C\C=C/C=C\CCCCCCCC(=O)OCC(COC(=O)CCCC/C=C\C/C=C\CC)OC(=O)CC/C=C\C/C=C\CCCCCCCC. The molecule has 0 aromatic heterocycles. The van der Waals surface area contributed by atoms with Crippen LogP contribution < -0.4 is 0 Å². The highest BCUT2D eigenvalue weighted by Crippen LogP contribution is 2.11. The maximum Gasteiger partial charge on any atom is 0.306 e. The van der Waals surface area contributed by atoms with Crippen molar-refractivity contribution in [2.24, 2.45) is 0 Å². The largest absolute Gasteiger partial charge is 0.462 e. The smallest absolute Gasteiger partial charge is 0.306 e. The molecule has 310 valence electrons. The molecule has 0 aliphatic heterocycles. The van der Waals surface area contributed by atoms with E-state index in [1.54, 1.807) is 0 Å². The van der Waals surface area contributed by atoms with Crippen molar-refractivity contribution in [3.8, 4) is 0 Å². The number of hydrogen-bond acceptors (Lipinski definition) is 6. The number of esters is 3. The van der Waals surface area contributed by atoms with E-state index in [9.17, 15) is 14.4 Å². The molecule has 1 unspecified atom stereocenters. The molecule has 0 heterocycles. The fourth-order valence-corrected chi connectivity index (χ4v) is 5.42. The van der Waals surface area contributed by atoms with Crippen LogP contribution in [0.4, 0.5) is 0 Å². The summed E-state index contributed by atoms with van der Waals surface area (Å²) in [6.45, 7) is 6.23. The van der Waals surface area contributed by atoms with E-state index in [0.717, 1.165) is 89.9 Å². The first-order valence-electron chi connectivity index (χ1n) is 21.8. The summed E-state index contributed by atoms with van der Waals surface area (Å²) in [5, 5.41) is 0. The van der Waals surface area contributed by atoms with Crippen LogP contribution in [-0.4, -0.2) is 37.2 Å². The van der Waals surface area contributed by atoms with E-state index in [0.29, 0.717) is 19.3 Å². The van der Waals surface area contributed by atoms with Crippen LogP contribution in [0, 0.1) is 0 Å². The molecule has 0 saturated carbocycles. The maximum atomic E-state index is 12.7. The van der Waals surface area contributed by atoms with Crippen LogP contribution in [0.15, 0.2) is 97.2 Å². The highest BCUT2D eigenvalue weighted by molar-refractivity contribution is 5.71. The molecule has 0 radical (unpaired) electrons. The molecule has 0 spiro atoms. The molecule has 0 rings (SSSR count). The third kappa shape index (κ3) is 41.3. The topological polar surface area (TPSA) is 78.9 Å². The van der Waals surface area contributed by atoms with Gasteiger partial charge in [-0.3, -0.25) is 14.4 Å². The zero-order valence-corrected chi connectivity index (χ0v) is 35.1. The van der Waals surface area contributed by atoms with Crippen LogP contribution in [0.3, 0.4) is 0 Å². The highest BCUT2D eigenvalue weighted by atomic mass is 16.6. The molecule has 0 fully saturated rings. The van der Waals surface area contributed by atoms with Gasteiger partial charge >= 0.3 is 17.9 Å². The van der Waals surface area contributed by atoms with Gasteiger partial charge in [0.25, 0.3) is 0 Å². The molecular formula is C49H78O6. The van der Waals surface area contributed by atoms with Crippen LogP contribution >= 0.6 is 0 Å². The first-order valence-corrected chi connectivity index (χ1v) is 21.8. The number of carbonyl (C=O) groups excluding carboxylic acids is 3. The van der Waals surface area contributed by atoms with Gasteiger partial charge in [-0.1, -0.05) is 169 Å². The minimum atomic E-state index is -0.829. The van der Waals surface area contributed by atoms with Gasteiger partial charge in [-0.15, -0.1) is 0 Å². The Morgan fingerprint density at radius 1 is 0.400 bits per heavy atom. The molecule has 0 amide bonds. The Kier molecular flexibility index (Phi) is 40.2. The lowest BCUT2D eigenvalue weighted by Gasteiger charge is -2.18. The quantitative estimate of drug-likeness (QED) is 0.0206. The molecule has 6 nitrogen and oxygen atoms in total. The van der Waals surface area contributed by atoms with Crippen LogP contribution in [0.25, 0.3) is 0 Å². The highest BCUT2D eigenvalue weighted by Gasteiger charge is 2.19. The third-order valence-corrected chi connectivity index (χ3v) is 8.66. The Hall–Kier alpha value is -3.67. The Balaban J connectivity index is 4.53. The normalized spacial score (nSPS) is 13.0. The van der Waals surface area contributed by atoms with Gasteiger partial charge in [-0.05, 0) is 83.5 Å². The summed E-state index contributed by atoms with van der Waals surface area (Å²) in [4.78, 5) is 37.6. The van der Waals surface area contributed by atoms with E-state index in [-0.39, 0.29) is 31.6 Å². The number of allylic oxidation sites excluding steroid dienone is 16. The van der Waals surface area contributed by atoms with E-state index in [4.69, 9.17) is 14.2 Å². The summed E-state index contributed by atoms with van der Waals surface area (Å²) in [6, 6.07) is 0. The molecule has 0 aliphatic rings. The Labute approximate surface area is 337 Å². The van der Waals surface area contributed by atoms with Crippen molar-refractivity contribution in [1.82, 2.24) is 0 Å². The van der Waals surface area contributed by atoms with Gasteiger partial charge < -0.3 is 14.2 Å². The van der Waals surface area contributed by atoms with E-state index in [1.807, 2.05) is 30.4 Å². The fraction of sp³-hybridized carbons (Fsp3) is 0.612. The monoisotopic (exact) mass is 763 g/mol. The average Bonchev–Trinajstić information content (AvgIpc) is 3.18. The number of ether oxygens (including phenoxy) is 3. The van der Waals surface area contributed by atoms with E-state index in [2.05, 4.69) is 87.6 Å². The van der Waals surface area contributed by atoms with Gasteiger partial charge in [0.15, 0.2) is 6.10 Å². The van der Waals surface area contributed by atoms with Crippen molar-refractivity contribution in [2.45, 2.75) is 181 Å². The van der Waals surface area contributed by atoms with Gasteiger partial charge in [-0.25, -0.2) is 0 Å². The summed E-state index contributed by atoms with van der Waals surface area (Å²) in [6.07, 6.45) is 55.5. The average molecular weight is 763 g/mol. The second-order valence-electron chi connectivity index (χ2n) is 13.9. The minimum Gasteiger partial charge on any atom is -0.462 e. The minimum absolute atomic E-state index is 0.125. The van der Waals surface area contributed by atoms with Crippen molar-refractivity contribution in [3.05, 3.63) is 97.2 Å². The zero-order chi connectivity index (χ0) is 40.1. The van der Waals surface area contributed by atoms with Crippen LogP contribution in [0.2, 0.25) is 0 Å². The van der Waals surface area contributed by atoms with Crippen molar-refractivity contribution in [2.75, 3.05) is 13.2 Å². The second kappa shape index (κ2) is 43.1. The number of unbranched alkanes of at least 4 members (excludes halogenated alkanes) is 13. The van der Waals surface area contributed by atoms with Gasteiger partial charge in [0.2, 0.25) is 0 Å². The molecular weight excluding hydrogens is 685 g/mol. The van der Waals surface area contributed by atoms with Gasteiger partial charge in [0, 0.05) is 19.3 Å². The molecule has 0 aromatic rings. The Bertz CT molecular complexity index is 1150. The molecule has 55 heavy (non-hydrogen) atoms. The summed E-state index contributed by atoms with van der Waals surface area (Å²) >= 11 is 0. The van der Waals surface area contributed by atoms with Crippen molar-refractivity contribution in [3.63, 3.8) is 0 Å². The third-order valence-electron chi connectivity index (χ3n) is 8.66. The van der Waals surface area contributed by atoms with Crippen molar-refractivity contribution in [1.29, 1.82) is 0 Å². The first-order chi connectivity index (χ1) is 27.0. The first kappa shape index (κ1) is 51.3. The summed E-state index contributed by atoms with van der Waals surface area (Å²) in [5.41, 5.74) is 0.